The van der Waals surface area contributed by atoms with E-state index in [1.165, 1.54) is 0 Å². The summed E-state index contributed by atoms with van der Waals surface area (Å²) in [6, 6.07) is 6.75. The van der Waals surface area contributed by atoms with E-state index in [1.807, 2.05) is 0 Å². The van der Waals surface area contributed by atoms with Gasteiger partial charge >= 0.3 is 6.55 Å². The third kappa shape index (κ3) is 2.42. The van der Waals surface area contributed by atoms with Crippen LogP contribution in [0.5, 0.6) is 0 Å². The van der Waals surface area contributed by atoms with Crippen molar-refractivity contribution in [1.29, 1.82) is 0 Å². The van der Waals surface area contributed by atoms with Crippen LogP contribution in [0.25, 0.3) is 11.0 Å². The molecule has 0 saturated carbocycles. The van der Waals surface area contributed by atoms with Crippen molar-refractivity contribution in [3.8, 4) is 0 Å². The molecule has 0 bridgehead atoms. The topological polar surface area (TPSA) is 43.8 Å². The third-order valence-electron chi connectivity index (χ3n) is 2.05. The lowest BCUT2D eigenvalue weighted by Gasteiger charge is -2.04. The summed E-state index contributed by atoms with van der Waals surface area (Å²) in [7, 11) is 0. The number of nitrogens with zero attached hydrogens (tertiary/aromatic N) is 2. The molecule has 0 radical (unpaired) electrons. The Balaban J connectivity index is 0.00000112. The van der Waals surface area contributed by atoms with E-state index in [9.17, 15) is 8.78 Å². The predicted octanol–water partition coefficient (Wildman–Crippen LogP) is 2.73. The quantitative estimate of drug-likeness (QED) is 0.911. The Kier molecular flexibility index (Phi) is 5.64. The van der Waals surface area contributed by atoms with Gasteiger partial charge in [-0.25, -0.2) is 4.98 Å². The smallest absolute Gasteiger partial charge is 0.320 e. The van der Waals surface area contributed by atoms with Crippen LogP contribution in [-0.4, -0.2) is 9.55 Å². The zero-order chi connectivity index (χ0) is 10.1. The molecule has 0 aliphatic rings. The van der Waals surface area contributed by atoms with Crippen LogP contribution >= 0.6 is 24.8 Å². The van der Waals surface area contributed by atoms with E-state index in [0.717, 1.165) is 4.57 Å². The molecule has 16 heavy (non-hydrogen) atoms. The van der Waals surface area contributed by atoms with Gasteiger partial charge in [-0.2, -0.15) is 8.78 Å². The number of aromatic nitrogens is 2. The zero-order valence-corrected chi connectivity index (χ0v) is 9.77. The third-order valence-corrected chi connectivity index (χ3v) is 2.05. The Morgan fingerprint density at radius 1 is 1.25 bits per heavy atom. The van der Waals surface area contributed by atoms with Crippen molar-refractivity contribution in [2.24, 2.45) is 5.73 Å². The van der Waals surface area contributed by atoms with Crippen molar-refractivity contribution in [1.82, 2.24) is 9.55 Å². The number of rotatable bonds is 2. The molecule has 0 aliphatic carbocycles. The van der Waals surface area contributed by atoms with Crippen LogP contribution in [0.2, 0.25) is 0 Å². The lowest BCUT2D eigenvalue weighted by molar-refractivity contribution is 0.0715. The maximum atomic E-state index is 12.6. The lowest BCUT2D eigenvalue weighted by Crippen LogP contribution is -2.08. The molecule has 0 amide bonds. The average Bonchev–Trinajstić information content (AvgIpc) is 2.55. The number of nitrogens with two attached hydrogens (primary N) is 1. The first-order valence-corrected chi connectivity index (χ1v) is 4.18. The molecule has 2 rings (SSSR count). The highest BCUT2D eigenvalue weighted by molar-refractivity contribution is 5.85. The molecule has 2 N–H and O–H groups in total. The van der Waals surface area contributed by atoms with Crippen molar-refractivity contribution in [3.05, 3.63) is 30.1 Å². The molecule has 0 fully saturated rings. The van der Waals surface area contributed by atoms with E-state index in [4.69, 9.17) is 5.73 Å². The summed E-state index contributed by atoms with van der Waals surface area (Å²) in [5.41, 5.74) is 6.30. The molecule has 0 unspecified atom stereocenters. The fourth-order valence-corrected chi connectivity index (χ4v) is 1.46. The number of hydrogen-bond acceptors (Lipinski definition) is 2. The molecule has 3 nitrogen and oxygen atoms in total. The van der Waals surface area contributed by atoms with Crippen LogP contribution in [-0.2, 0) is 6.54 Å². The highest BCUT2D eigenvalue weighted by Crippen LogP contribution is 2.22. The summed E-state index contributed by atoms with van der Waals surface area (Å²) in [5.74, 6) is 0.209. The fourth-order valence-electron chi connectivity index (χ4n) is 1.46. The van der Waals surface area contributed by atoms with E-state index in [0.29, 0.717) is 11.0 Å². The van der Waals surface area contributed by atoms with Gasteiger partial charge < -0.3 is 5.73 Å². The second-order valence-electron chi connectivity index (χ2n) is 2.87. The first kappa shape index (κ1) is 15.1. The largest absolute Gasteiger partial charge is 0.324 e. The minimum Gasteiger partial charge on any atom is -0.324 e. The molecular weight excluding hydrogens is 259 g/mol. The molecule has 2 aromatic rings. The molecule has 0 saturated heterocycles. The Bertz CT molecular complexity index is 459. The van der Waals surface area contributed by atoms with Crippen molar-refractivity contribution >= 4 is 35.8 Å². The van der Waals surface area contributed by atoms with Gasteiger partial charge in [0.05, 0.1) is 17.6 Å². The van der Waals surface area contributed by atoms with Crippen molar-refractivity contribution in [2.75, 3.05) is 0 Å². The number of halogens is 4. The Morgan fingerprint density at radius 3 is 2.44 bits per heavy atom. The van der Waals surface area contributed by atoms with Crippen molar-refractivity contribution in [3.63, 3.8) is 0 Å². The maximum Gasteiger partial charge on any atom is 0.320 e. The van der Waals surface area contributed by atoms with Crippen LogP contribution in [0.3, 0.4) is 0 Å². The summed E-state index contributed by atoms with van der Waals surface area (Å²) in [5, 5.41) is 0. The van der Waals surface area contributed by atoms with Gasteiger partial charge in [0, 0.05) is 0 Å². The maximum absolute atomic E-state index is 12.6. The van der Waals surface area contributed by atoms with Crippen molar-refractivity contribution in [2.45, 2.75) is 13.1 Å². The van der Waals surface area contributed by atoms with E-state index >= 15 is 0 Å². The van der Waals surface area contributed by atoms with Gasteiger partial charge in [-0.1, -0.05) is 12.1 Å². The van der Waals surface area contributed by atoms with Gasteiger partial charge in [0.2, 0.25) is 0 Å². The fraction of sp³-hybridized carbons (Fsp3) is 0.222. The highest BCUT2D eigenvalue weighted by Gasteiger charge is 2.15. The van der Waals surface area contributed by atoms with Gasteiger partial charge in [-0.3, -0.25) is 4.57 Å². The van der Waals surface area contributed by atoms with E-state index in [2.05, 4.69) is 4.98 Å². The number of fused-ring (bicyclic) bond motifs is 1. The number of imidazole rings is 1. The molecule has 0 aliphatic heterocycles. The average molecular weight is 270 g/mol. The lowest BCUT2D eigenvalue weighted by atomic mass is 10.3. The molecule has 0 atom stereocenters. The number of alkyl halides is 2. The second kappa shape index (κ2) is 5.98. The zero-order valence-electron chi connectivity index (χ0n) is 8.14. The standard InChI is InChI=1S/C9H9F2N3.2ClH/c10-9(11)14-7-4-2-1-3-6(7)13-8(14)5-12;;/h1-4,9H,5,12H2;2*1H. The van der Waals surface area contributed by atoms with E-state index < -0.39 is 6.55 Å². The first-order chi connectivity index (χ1) is 6.74. The summed E-state index contributed by atoms with van der Waals surface area (Å²) in [6.45, 7) is -2.58. The Labute approximate surface area is 103 Å². The van der Waals surface area contributed by atoms with Crippen LogP contribution in [0.15, 0.2) is 24.3 Å². The SMILES string of the molecule is Cl.Cl.NCc1nc2ccccc2n1C(F)F. The molecule has 7 heteroatoms. The molecular formula is C9H11Cl2F2N3. The van der Waals surface area contributed by atoms with Gasteiger partial charge in [0.25, 0.3) is 0 Å². The first-order valence-electron chi connectivity index (χ1n) is 4.18. The minimum absolute atomic E-state index is 0. The molecule has 1 aromatic carbocycles. The van der Waals surface area contributed by atoms with Crippen LogP contribution in [0, 0.1) is 0 Å². The Morgan fingerprint density at radius 2 is 1.88 bits per heavy atom. The normalized spacial score (nSPS) is 10.0. The van der Waals surface area contributed by atoms with Crippen LogP contribution in [0.4, 0.5) is 8.78 Å². The van der Waals surface area contributed by atoms with Crippen LogP contribution < -0.4 is 5.73 Å². The predicted molar refractivity (Wildman–Crippen MR) is 63.4 cm³/mol. The van der Waals surface area contributed by atoms with Crippen molar-refractivity contribution < 1.29 is 8.78 Å². The summed E-state index contributed by atoms with van der Waals surface area (Å²) in [4.78, 5) is 4.01. The van der Waals surface area contributed by atoms with Gasteiger partial charge in [-0.05, 0) is 12.1 Å². The number of para-hydroxylation sites is 2. The minimum atomic E-state index is -2.60. The number of benzene rings is 1. The van der Waals surface area contributed by atoms with Crippen LogP contribution in [0.1, 0.15) is 12.4 Å². The number of hydrogen-bond donors (Lipinski definition) is 1. The summed E-state index contributed by atoms with van der Waals surface area (Å²) >= 11 is 0. The molecule has 1 heterocycles. The Hall–Kier alpha value is -0.910. The van der Waals surface area contributed by atoms with E-state index in [1.54, 1.807) is 24.3 Å². The monoisotopic (exact) mass is 269 g/mol. The van der Waals surface area contributed by atoms with Gasteiger partial charge in [0.1, 0.15) is 5.82 Å². The second-order valence-corrected chi connectivity index (χ2v) is 2.87. The van der Waals surface area contributed by atoms with Gasteiger partial charge in [0.15, 0.2) is 0 Å². The van der Waals surface area contributed by atoms with E-state index in [-0.39, 0.29) is 37.2 Å². The van der Waals surface area contributed by atoms with Gasteiger partial charge in [-0.15, -0.1) is 24.8 Å². The highest BCUT2D eigenvalue weighted by atomic mass is 35.5. The summed E-state index contributed by atoms with van der Waals surface area (Å²) < 4.78 is 26.1. The molecule has 90 valence electrons. The molecule has 1 aromatic heterocycles. The molecule has 0 spiro atoms. The summed E-state index contributed by atoms with van der Waals surface area (Å²) in [6.07, 6.45) is 0.